The van der Waals surface area contributed by atoms with Crippen molar-refractivity contribution in [2.24, 2.45) is 0 Å². The molecule has 0 radical (unpaired) electrons. The number of aliphatic hydroxyl groups excluding tert-OH is 1. The van der Waals surface area contributed by atoms with Crippen LogP contribution < -0.4 is 5.32 Å². The lowest BCUT2D eigenvalue weighted by molar-refractivity contribution is 0.0907. The molecule has 1 aromatic carbocycles. The van der Waals surface area contributed by atoms with Crippen LogP contribution in [0.5, 0.6) is 0 Å². The molecule has 0 bridgehead atoms. The predicted octanol–water partition coefficient (Wildman–Crippen LogP) is 2.30. The molecule has 0 fully saturated rings. The molecule has 0 atom stereocenters. The van der Waals surface area contributed by atoms with Crippen LogP contribution in [0.2, 0.25) is 0 Å². The van der Waals surface area contributed by atoms with Crippen molar-refractivity contribution in [2.75, 3.05) is 26.4 Å². The number of aliphatic hydroxyl groups is 1. The van der Waals surface area contributed by atoms with E-state index in [1.165, 1.54) is 0 Å². The van der Waals surface area contributed by atoms with Crippen LogP contribution in [0.4, 0.5) is 0 Å². The molecule has 20 heavy (non-hydrogen) atoms. The Balaban J connectivity index is 1.69. The van der Waals surface area contributed by atoms with E-state index in [1.807, 2.05) is 18.2 Å². The summed E-state index contributed by atoms with van der Waals surface area (Å²) < 4.78 is 5.19. The molecule has 0 saturated heterocycles. The first kappa shape index (κ1) is 15.1. The normalized spacial score (nSPS) is 10.8. The Morgan fingerprint density at radius 3 is 2.85 bits per heavy atom. The van der Waals surface area contributed by atoms with E-state index < -0.39 is 0 Å². The quantitative estimate of drug-likeness (QED) is 0.696. The number of ether oxygens (including phenoxy) is 1. The summed E-state index contributed by atoms with van der Waals surface area (Å²) in [5, 5.41) is 15.1. The third-order valence-corrected chi connectivity index (χ3v) is 3.62. The largest absolute Gasteiger partial charge is 0.394 e. The fourth-order valence-corrected chi connectivity index (χ4v) is 2.57. The van der Waals surface area contributed by atoms with Crippen molar-refractivity contribution in [3.8, 4) is 11.3 Å². The Morgan fingerprint density at radius 1 is 1.20 bits per heavy atom. The lowest BCUT2D eigenvalue weighted by Crippen LogP contribution is -2.16. The molecule has 0 spiro atoms. The van der Waals surface area contributed by atoms with Gasteiger partial charge in [-0.3, -0.25) is 0 Å². The van der Waals surface area contributed by atoms with Crippen LogP contribution >= 0.6 is 11.3 Å². The zero-order valence-corrected chi connectivity index (χ0v) is 12.2. The number of benzene rings is 1. The summed E-state index contributed by atoms with van der Waals surface area (Å²) in [6, 6.07) is 10.2. The molecule has 2 aromatic rings. The molecule has 0 unspecified atom stereocenters. The zero-order valence-electron chi connectivity index (χ0n) is 11.4. The van der Waals surface area contributed by atoms with Crippen LogP contribution in [0.15, 0.2) is 35.7 Å². The van der Waals surface area contributed by atoms with E-state index >= 15 is 0 Å². The van der Waals surface area contributed by atoms with Crippen LogP contribution in [0.25, 0.3) is 11.3 Å². The van der Waals surface area contributed by atoms with Crippen molar-refractivity contribution >= 4 is 11.3 Å². The number of hydrogen-bond donors (Lipinski definition) is 2. The summed E-state index contributed by atoms with van der Waals surface area (Å²) in [6.07, 6.45) is 0.941. The van der Waals surface area contributed by atoms with Crippen LogP contribution in [-0.4, -0.2) is 36.5 Å². The summed E-state index contributed by atoms with van der Waals surface area (Å²) in [5.74, 6) is 0. The summed E-state index contributed by atoms with van der Waals surface area (Å²) in [5.41, 5.74) is 2.20. The average molecular weight is 292 g/mol. The second-order valence-electron chi connectivity index (χ2n) is 4.36. The minimum Gasteiger partial charge on any atom is -0.394 e. The molecular formula is C15H20N2O2S. The standard InChI is InChI=1S/C15H20N2O2S/c18-8-10-19-9-4-7-16-11-15-17-14(12-20-15)13-5-2-1-3-6-13/h1-3,5-6,12,16,18H,4,7-11H2. The van der Waals surface area contributed by atoms with Gasteiger partial charge in [0.05, 0.1) is 18.9 Å². The van der Waals surface area contributed by atoms with Crippen molar-refractivity contribution in [1.82, 2.24) is 10.3 Å². The van der Waals surface area contributed by atoms with Gasteiger partial charge in [-0.1, -0.05) is 30.3 Å². The van der Waals surface area contributed by atoms with Gasteiger partial charge in [0.15, 0.2) is 0 Å². The fourth-order valence-electron chi connectivity index (χ4n) is 1.79. The maximum Gasteiger partial charge on any atom is 0.107 e. The molecule has 2 N–H and O–H groups in total. The Labute approximate surface area is 123 Å². The molecule has 2 rings (SSSR count). The molecule has 5 heteroatoms. The van der Waals surface area contributed by atoms with Crippen LogP contribution in [0.3, 0.4) is 0 Å². The monoisotopic (exact) mass is 292 g/mol. The van der Waals surface area contributed by atoms with Gasteiger partial charge in [0, 0.05) is 24.1 Å². The van der Waals surface area contributed by atoms with Gasteiger partial charge in [-0.15, -0.1) is 11.3 Å². The number of hydrogen-bond acceptors (Lipinski definition) is 5. The molecular weight excluding hydrogens is 272 g/mol. The highest BCUT2D eigenvalue weighted by atomic mass is 32.1. The summed E-state index contributed by atoms with van der Waals surface area (Å²) in [4.78, 5) is 4.62. The molecule has 0 amide bonds. The Morgan fingerprint density at radius 2 is 2.05 bits per heavy atom. The smallest absolute Gasteiger partial charge is 0.107 e. The van der Waals surface area contributed by atoms with Crippen LogP contribution in [0.1, 0.15) is 11.4 Å². The number of nitrogens with zero attached hydrogens (tertiary/aromatic N) is 1. The van der Waals surface area contributed by atoms with Crippen molar-refractivity contribution < 1.29 is 9.84 Å². The highest BCUT2D eigenvalue weighted by Crippen LogP contribution is 2.21. The van der Waals surface area contributed by atoms with E-state index in [4.69, 9.17) is 9.84 Å². The Bertz CT molecular complexity index is 488. The molecule has 0 aliphatic heterocycles. The second-order valence-corrected chi connectivity index (χ2v) is 5.30. The Hall–Kier alpha value is -1.27. The minimum absolute atomic E-state index is 0.0921. The number of thiazole rings is 1. The van der Waals surface area contributed by atoms with Crippen molar-refractivity contribution in [2.45, 2.75) is 13.0 Å². The minimum atomic E-state index is 0.0921. The van der Waals surface area contributed by atoms with Crippen molar-refractivity contribution in [3.05, 3.63) is 40.7 Å². The van der Waals surface area contributed by atoms with E-state index in [1.54, 1.807) is 11.3 Å². The number of aromatic nitrogens is 1. The number of nitrogens with one attached hydrogen (secondary N) is 1. The van der Waals surface area contributed by atoms with Crippen LogP contribution in [0, 0.1) is 0 Å². The molecule has 0 aliphatic carbocycles. The molecule has 0 aliphatic rings. The summed E-state index contributed by atoms with van der Waals surface area (Å²) in [7, 11) is 0. The van der Waals surface area contributed by atoms with Crippen LogP contribution in [-0.2, 0) is 11.3 Å². The van der Waals surface area contributed by atoms with E-state index in [2.05, 4.69) is 27.8 Å². The molecule has 4 nitrogen and oxygen atoms in total. The maximum absolute atomic E-state index is 8.57. The zero-order chi connectivity index (χ0) is 14.0. The molecule has 1 heterocycles. The highest BCUT2D eigenvalue weighted by molar-refractivity contribution is 7.09. The van der Waals surface area contributed by atoms with E-state index in [9.17, 15) is 0 Å². The van der Waals surface area contributed by atoms with Crippen molar-refractivity contribution in [1.29, 1.82) is 0 Å². The summed E-state index contributed by atoms with van der Waals surface area (Å²) in [6.45, 7) is 2.88. The average Bonchev–Trinajstić information content (AvgIpc) is 2.96. The van der Waals surface area contributed by atoms with Crippen molar-refractivity contribution in [3.63, 3.8) is 0 Å². The van der Waals surface area contributed by atoms with Gasteiger partial charge in [0.2, 0.25) is 0 Å². The first-order valence-corrected chi connectivity index (χ1v) is 7.67. The predicted molar refractivity (Wildman–Crippen MR) is 81.8 cm³/mol. The molecule has 108 valence electrons. The van der Waals surface area contributed by atoms with Gasteiger partial charge >= 0.3 is 0 Å². The first-order valence-electron chi connectivity index (χ1n) is 6.79. The molecule has 1 aromatic heterocycles. The third-order valence-electron chi connectivity index (χ3n) is 2.78. The van der Waals surface area contributed by atoms with E-state index in [-0.39, 0.29) is 6.61 Å². The van der Waals surface area contributed by atoms with Gasteiger partial charge in [-0.2, -0.15) is 0 Å². The lowest BCUT2D eigenvalue weighted by Gasteiger charge is -2.03. The second kappa shape index (κ2) is 8.81. The van der Waals surface area contributed by atoms with E-state index in [0.29, 0.717) is 13.2 Å². The topological polar surface area (TPSA) is 54.4 Å². The molecule has 0 saturated carbocycles. The SMILES string of the molecule is OCCOCCCNCc1nc(-c2ccccc2)cs1. The highest BCUT2D eigenvalue weighted by Gasteiger charge is 2.03. The maximum atomic E-state index is 8.57. The first-order chi connectivity index (χ1) is 9.90. The summed E-state index contributed by atoms with van der Waals surface area (Å²) >= 11 is 1.68. The van der Waals surface area contributed by atoms with Gasteiger partial charge in [0.1, 0.15) is 5.01 Å². The number of rotatable bonds is 9. The Kier molecular flexibility index (Phi) is 6.66. The fraction of sp³-hybridized carbons (Fsp3) is 0.400. The van der Waals surface area contributed by atoms with Gasteiger partial charge in [-0.25, -0.2) is 4.98 Å². The van der Waals surface area contributed by atoms with Gasteiger partial charge in [0.25, 0.3) is 0 Å². The van der Waals surface area contributed by atoms with Gasteiger partial charge in [-0.05, 0) is 13.0 Å². The lowest BCUT2D eigenvalue weighted by atomic mass is 10.2. The third kappa shape index (κ3) is 5.02. The van der Waals surface area contributed by atoms with Gasteiger partial charge < -0.3 is 15.2 Å². The van der Waals surface area contributed by atoms with E-state index in [0.717, 1.165) is 35.8 Å².